The van der Waals surface area contributed by atoms with Crippen molar-refractivity contribution in [3.63, 3.8) is 0 Å². The van der Waals surface area contributed by atoms with Gasteiger partial charge in [0, 0.05) is 30.7 Å². The van der Waals surface area contributed by atoms with Crippen molar-refractivity contribution < 1.29 is 18.0 Å². The molecule has 3 aromatic rings. The average molecular weight is 413 g/mol. The Hall–Kier alpha value is -2.64. The van der Waals surface area contributed by atoms with E-state index in [-0.39, 0.29) is 23.1 Å². The summed E-state index contributed by atoms with van der Waals surface area (Å²) in [4.78, 5) is 4.43. The van der Waals surface area contributed by atoms with Gasteiger partial charge in [0.1, 0.15) is 11.6 Å². The largest absolute Gasteiger partial charge is 0.381 e. The molecule has 30 heavy (non-hydrogen) atoms. The predicted molar refractivity (Wildman–Crippen MR) is 109 cm³/mol. The zero-order valence-corrected chi connectivity index (χ0v) is 17.1. The van der Waals surface area contributed by atoms with E-state index in [1.54, 1.807) is 31.2 Å². The lowest BCUT2D eigenvalue weighted by Crippen LogP contribution is -2.43. The Balaban J connectivity index is 1.49. The summed E-state index contributed by atoms with van der Waals surface area (Å²) in [5, 5.41) is 7.46. The van der Waals surface area contributed by atoms with Crippen molar-refractivity contribution in [2.45, 2.75) is 38.1 Å². The van der Waals surface area contributed by atoms with Crippen LogP contribution in [0.3, 0.4) is 0 Å². The lowest BCUT2D eigenvalue weighted by Gasteiger charge is -2.38. The highest BCUT2D eigenvalue weighted by atomic mass is 19.1. The van der Waals surface area contributed by atoms with Gasteiger partial charge in [-0.25, -0.2) is 8.78 Å². The average Bonchev–Trinajstić information content (AvgIpc) is 3.25. The van der Waals surface area contributed by atoms with E-state index < -0.39 is 0 Å². The van der Waals surface area contributed by atoms with Gasteiger partial charge in [0.2, 0.25) is 11.7 Å². The molecule has 4 rings (SSSR count). The lowest BCUT2D eigenvalue weighted by atomic mass is 9.74. The molecule has 0 amide bonds. The molecule has 1 aliphatic rings. The Morgan fingerprint density at radius 1 is 1.13 bits per heavy atom. The third kappa shape index (κ3) is 4.27. The number of aromatic nitrogens is 2. The van der Waals surface area contributed by atoms with E-state index in [0.29, 0.717) is 42.6 Å². The summed E-state index contributed by atoms with van der Waals surface area (Å²) >= 11 is 0. The van der Waals surface area contributed by atoms with Crippen molar-refractivity contribution in [1.29, 1.82) is 0 Å². The molecule has 1 N–H and O–H groups in total. The standard InChI is InChI=1S/C23H25F2N3O2/c1-15-6-7-17(12-20(15)25)21-27-22(30-28-21)16(2)26-14-23(8-10-29-11-9-23)18-4-3-5-19(24)13-18/h3-7,12-13,16,26H,8-11,14H2,1-2H3. The second-order valence-electron chi connectivity index (χ2n) is 7.93. The molecule has 1 unspecified atom stereocenters. The molecule has 0 bridgehead atoms. The maximum Gasteiger partial charge on any atom is 0.243 e. The summed E-state index contributed by atoms with van der Waals surface area (Å²) in [5.41, 5.74) is 1.88. The fourth-order valence-electron chi connectivity index (χ4n) is 3.84. The number of hydrogen-bond acceptors (Lipinski definition) is 5. The number of hydrogen-bond donors (Lipinski definition) is 1. The summed E-state index contributed by atoms with van der Waals surface area (Å²) in [7, 11) is 0. The van der Waals surface area contributed by atoms with Crippen LogP contribution in [0, 0.1) is 18.6 Å². The number of benzene rings is 2. The summed E-state index contributed by atoms with van der Waals surface area (Å²) in [6.07, 6.45) is 1.60. The van der Waals surface area contributed by atoms with Crippen LogP contribution in [-0.4, -0.2) is 29.9 Å². The van der Waals surface area contributed by atoms with E-state index >= 15 is 0 Å². The first-order chi connectivity index (χ1) is 14.5. The smallest absolute Gasteiger partial charge is 0.243 e. The molecule has 2 heterocycles. The van der Waals surface area contributed by atoms with Crippen LogP contribution in [0.2, 0.25) is 0 Å². The molecule has 0 spiro atoms. The van der Waals surface area contributed by atoms with Crippen LogP contribution >= 0.6 is 0 Å². The molecule has 0 aliphatic carbocycles. The van der Waals surface area contributed by atoms with Gasteiger partial charge in [0.05, 0.1) is 6.04 Å². The summed E-state index contributed by atoms with van der Waals surface area (Å²) in [5.74, 6) is 0.232. The van der Waals surface area contributed by atoms with Crippen LogP contribution in [0.1, 0.15) is 42.8 Å². The highest BCUT2D eigenvalue weighted by molar-refractivity contribution is 5.55. The van der Waals surface area contributed by atoms with E-state index in [1.807, 2.05) is 13.0 Å². The molecule has 0 saturated carbocycles. The normalized spacial score (nSPS) is 17.1. The van der Waals surface area contributed by atoms with E-state index in [4.69, 9.17) is 9.26 Å². The molecule has 1 aliphatic heterocycles. The van der Waals surface area contributed by atoms with E-state index in [1.165, 1.54) is 12.1 Å². The van der Waals surface area contributed by atoms with Crippen molar-refractivity contribution >= 4 is 0 Å². The fraction of sp³-hybridized carbons (Fsp3) is 0.391. The Labute approximate surface area is 174 Å². The molecule has 1 aromatic heterocycles. The predicted octanol–water partition coefficient (Wildman–Crippen LogP) is 4.72. The van der Waals surface area contributed by atoms with Gasteiger partial charge in [-0.1, -0.05) is 29.4 Å². The maximum absolute atomic E-state index is 13.9. The van der Waals surface area contributed by atoms with Crippen molar-refractivity contribution in [3.05, 3.63) is 71.1 Å². The van der Waals surface area contributed by atoms with Gasteiger partial charge < -0.3 is 14.6 Å². The second kappa shape index (κ2) is 8.62. The molecule has 1 atom stereocenters. The van der Waals surface area contributed by atoms with Crippen LogP contribution in [-0.2, 0) is 10.2 Å². The first-order valence-electron chi connectivity index (χ1n) is 10.1. The van der Waals surface area contributed by atoms with Crippen LogP contribution in [0.15, 0.2) is 47.0 Å². The molecule has 1 fully saturated rings. The molecule has 158 valence electrons. The highest BCUT2D eigenvalue weighted by Crippen LogP contribution is 2.35. The van der Waals surface area contributed by atoms with Gasteiger partial charge in [-0.2, -0.15) is 4.98 Å². The molecule has 1 saturated heterocycles. The zero-order chi connectivity index (χ0) is 21.1. The van der Waals surface area contributed by atoms with E-state index in [9.17, 15) is 8.78 Å². The third-order valence-electron chi connectivity index (χ3n) is 5.88. The molecule has 5 nitrogen and oxygen atoms in total. The Morgan fingerprint density at radius 2 is 1.93 bits per heavy atom. The first-order valence-corrected chi connectivity index (χ1v) is 10.1. The Morgan fingerprint density at radius 3 is 2.67 bits per heavy atom. The first kappa shape index (κ1) is 20.6. The van der Waals surface area contributed by atoms with Crippen LogP contribution < -0.4 is 5.32 Å². The van der Waals surface area contributed by atoms with Crippen molar-refractivity contribution in [1.82, 2.24) is 15.5 Å². The molecular formula is C23H25F2N3O2. The number of aryl methyl sites for hydroxylation is 1. The van der Waals surface area contributed by atoms with Gasteiger partial charge in [-0.15, -0.1) is 0 Å². The topological polar surface area (TPSA) is 60.2 Å². The second-order valence-corrected chi connectivity index (χ2v) is 7.93. The minimum atomic E-state index is -0.304. The summed E-state index contributed by atoms with van der Waals surface area (Å²) in [6.45, 7) is 5.54. The number of halogens is 2. The summed E-state index contributed by atoms with van der Waals surface area (Å²) < 4.78 is 38.7. The summed E-state index contributed by atoms with van der Waals surface area (Å²) in [6, 6.07) is 11.4. The minimum absolute atomic E-state index is 0.213. The SMILES string of the molecule is Cc1ccc(-c2noc(C(C)NCC3(c4cccc(F)c4)CCOCC3)n2)cc1F. The quantitative estimate of drug-likeness (QED) is 0.634. The Kier molecular flexibility index (Phi) is 5.92. The van der Waals surface area contributed by atoms with Gasteiger partial charge in [-0.3, -0.25) is 0 Å². The van der Waals surface area contributed by atoms with Gasteiger partial charge in [0.15, 0.2) is 0 Å². The highest BCUT2D eigenvalue weighted by Gasteiger charge is 2.35. The zero-order valence-electron chi connectivity index (χ0n) is 17.1. The monoisotopic (exact) mass is 413 g/mol. The van der Waals surface area contributed by atoms with Crippen molar-refractivity contribution in [2.75, 3.05) is 19.8 Å². The maximum atomic E-state index is 13.9. The lowest BCUT2D eigenvalue weighted by molar-refractivity contribution is 0.0485. The molecule has 0 radical (unpaired) electrons. The fourth-order valence-corrected chi connectivity index (χ4v) is 3.84. The van der Waals surface area contributed by atoms with Crippen molar-refractivity contribution in [2.24, 2.45) is 0 Å². The molecule has 2 aromatic carbocycles. The molecule has 7 heteroatoms. The number of rotatable bonds is 6. The van der Waals surface area contributed by atoms with Crippen molar-refractivity contribution in [3.8, 4) is 11.4 Å². The van der Waals surface area contributed by atoms with Gasteiger partial charge in [0.25, 0.3) is 0 Å². The third-order valence-corrected chi connectivity index (χ3v) is 5.88. The number of ether oxygens (including phenoxy) is 1. The van der Waals surface area contributed by atoms with Gasteiger partial charge >= 0.3 is 0 Å². The molecular weight excluding hydrogens is 388 g/mol. The number of nitrogens with zero attached hydrogens (tertiary/aromatic N) is 2. The van der Waals surface area contributed by atoms with Crippen LogP contribution in [0.5, 0.6) is 0 Å². The van der Waals surface area contributed by atoms with E-state index in [0.717, 1.165) is 18.4 Å². The minimum Gasteiger partial charge on any atom is -0.381 e. The van der Waals surface area contributed by atoms with Gasteiger partial charge in [-0.05, 0) is 56.0 Å². The Bertz CT molecular complexity index is 1020. The van der Waals surface area contributed by atoms with Crippen LogP contribution in [0.4, 0.5) is 8.78 Å². The van der Waals surface area contributed by atoms with Crippen LogP contribution in [0.25, 0.3) is 11.4 Å². The van der Waals surface area contributed by atoms with E-state index in [2.05, 4.69) is 15.5 Å². The number of nitrogens with one attached hydrogen (secondary N) is 1.